The highest BCUT2D eigenvalue weighted by Gasteiger charge is 2.47. The zero-order valence-corrected chi connectivity index (χ0v) is 21.7. The molecule has 2 aromatic carbocycles. The normalized spacial score (nSPS) is 21.9. The van der Waals surface area contributed by atoms with E-state index in [1.165, 1.54) is 28.8 Å². The lowest BCUT2D eigenvalue weighted by molar-refractivity contribution is -0.158. The summed E-state index contributed by atoms with van der Waals surface area (Å²) in [5.74, 6) is -2.28. The average molecular weight is 559 g/mol. The Morgan fingerprint density at radius 3 is 2.33 bits per heavy atom. The van der Waals surface area contributed by atoms with Crippen molar-refractivity contribution in [2.75, 3.05) is 6.54 Å². The molecule has 5 rings (SSSR count). The van der Waals surface area contributed by atoms with Gasteiger partial charge in [0.05, 0.1) is 12.2 Å². The first-order chi connectivity index (χ1) is 18.9. The van der Waals surface area contributed by atoms with Crippen molar-refractivity contribution < 1.29 is 27.9 Å². The SMILES string of the molecule is Cn1ccc(=O)n(-c2cccc3c(C[C@H](NC(=O)C4C[C@H]5CC[C@@H](C4)N5CC(F)(F)F)C(=O)O)cccc23)c1=O. The Balaban J connectivity index is 1.38. The van der Waals surface area contributed by atoms with Gasteiger partial charge >= 0.3 is 17.8 Å². The first kappa shape index (κ1) is 27.6. The molecule has 2 saturated heterocycles. The van der Waals surface area contributed by atoms with Gasteiger partial charge in [0.15, 0.2) is 0 Å². The Hall–Kier alpha value is -3.93. The minimum absolute atomic E-state index is 0.0661. The van der Waals surface area contributed by atoms with E-state index in [2.05, 4.69) is 5.32 Å². The number of aryl methyl sites for hydroxylation is 1. The molecule has 2 bridgehead atoms. The number of benzene rings is 2. The molecule has 9 nitrogen and oxygen atoms in total. The van der Waals surface area contributed by atoms with E-state index in [9.17, 15) is 37.5 Å². The zero-order chi connectivity index (χ0) is 28.8. The molecule has 0 radical (unpaired) electrons. The number of nitrogens with one attached hydrogen (secondary N) is 1. The Morgan fingerprint density at radius 1 is 1.02 bits per heavy atom. The number of aliphatic carboxylic acids is 1. The largest absolute Gasteiger partial charge is 0.480 e. The highest BCUT2D eigenvalue weighted by atomic mass is 19.4. The Morgan fingerprint density at radius 2 is 1.68 bits per heavy atom. The van der Waals surface area contributed by atoms with Gasteiger partial charge < -0.3 is 15.0 Å². The van der Waals surface area contributed by atoms with Crippen molar-refractivity contribution in [3.8, 4) is 5.69 Å². The van der Waals surface area contributed by atoms with E-state index < -0.39 is 47.8 Å². The fourth-order valence-electron chi connectivity index (χ4n) is 6.18. The van der Waals surface area contributed by atoms with Gasteiger partial charge in [-0.15, -0.1) is 0 Å². The van der Waals surface area contributed by atoms with Gasteiger partial charge in [-0.3, -0.25) is 14.5 Å². The van der Waals surface area contributed by atoms with Crippen LogP contribution in [-0.2, 0) is 23.1 Å². The Kier molecular flexibility index (Phi) is 7.30. The summed E-state index contributed by atoms with van der Waals surface area (Å²) in [5, 5.41) is 13.7. The number of carboxylic acids is 1. The molecule has 212 valence electrons. The summed E-state index contributed by atoms with van der Waals surface area (Å²) in [6, 6.07) is 9.47. The van der Waals surface area contributed by atoms with Gasteiger partial charge in [-0.1, -0.05) is 30.3 Å². The summed E-state index contributed by atoms with van der Waals surface area (Å²) in [6.45, 7) is -1.00. The molecule has 2 N–H and O–H groups in total. The number of alkyl halides is 3. The Bertz CT molecular complexity index is 1570. The summed E-state index contributed by atoms with van der Waals surface area (Å²) in [5.41, 5.74) is -0.0984. The molecule has 1 aromatic heterocycles. The second-order valence-corrected chi connectivity index (χ2v) is 10.6. The lowest BCUT2D eigenvalue weighted by Crippen LogP contribution is -2.52. The van der Waals surface area contributed by atoms with Gasteiger partial charge in [0, 0.05) is 49.1 Å². The average Bonchev–Trinajstić information content (AvgIpc) is 3.10. The van der Waals surface area contributed by atoms with E-state index in [0.29, 0.717) is 34.9 Å². The number of nitrogens with zero attached hydrogens (tertiary/aromatic N) is 3. The minimum atomic E-state index is -4.32. The summed E-state index contributed by atoms with van der Waals surface area (Å²) < 4.78 is 41.3. The van der Waals surface area contributed by atoms with Crippen LogP contribution in [-0.4, -0.2) is 61.9 Å². The van der Waals surface area contributed by atoms with Crippen LogP contribution in [0.1, 0.15) is 31.2 Å². The van der Waals surface area contributed by atoms with Gasteiger partial charge in [-0.25, -0.2) is 14.2 Å². The lowest BCUT2D eigenvalue weighted by Gasteiger charge is -2.38. The third-order valence-corrected chi connectivity index (χ3v) is 8.04. The molecule has 2 fully saturated rings. The number of rotatable bonds is 7. The fraction of sp³-hybridized carbons (Fsp3) is 0.429. The predicted molar refractivity (Wildman–Crippen MR) is 140 cm³/mol. The van der Waals surface area contributed by atoms with Crippen LogP contribution in [0.25, 0.3) is 16.5 Å². The molecule has 0 saturated carbocycles. The summed E-state index contributed by atoms with van der Waals surface area (Å²) in [7, 11) is 1.53. The highest BCUT2D eigenvalue weighted by Crippen LogP contribution is 2.40. The van der Waals surface area contributed by atoms with Crippen molar-refractivity contribution in [1.29, 1.82) is 0 Å². The molecule has 0 spiro atoms. The summed E-state index contributed by atoms with van der Waals surface area (Å²) in [6.07, 6.45) is -1.33. The molecule has 3 aromatic rings. The molecule has 2 aliphatic rings. The molecule has 1 unspecified atom stereocenters. The van der Waals surface area contributed by atoms with E-state index in [4.69, 9.17) is 0 Å². The number of aromatic nitrogens is 2. The van der Waals surface area contributed by atoms with Gasteiger partial charge in [0.2, 0.25) is 5.91 Å². The van der Waals surface area contributed by atoms with E-state index in [-0.39, 0.29) is 31.3 Å². The van der Waals surface area contributed by atoms with Crippen molar-refractivity contribution in [3.05, 3.63) is 75.1 Å². The van der Waals surface area contributed by atoms with E-state index in [1.54, 1.807) is 36.4 Å². The van der Waals surface area contributed by atoms with Gasteiger partial charge in [-0.05, 0) is 42.7 Å². The van der Waals surface area contributed by atoms with Crippen LogP contribution in [0.15, 0.2) is 58.3 Å². The van der Waals surface area contributed by atoms with Crippen LogP contribution in [0, 0.1) is 5.92 Å². The first-order valence-electron chi connectivity index (χ1n) is 13.1. The molecule has 40 heavy (non-hydrogen) atoms. The van der Waals surface area contributed by atoms with Crippen LogP contribution in [0.4, 0.5) is 13.2 Å². The molecular formula is C28H29F3N4O5. The number of carbonyl (C=O) groups is 2. The van der Waals surface area contributed by atoms with Crippen molar-refractivity contribution in [2.24, 2.45) is 13.0 Å². The number of carboxylic acid groups (broad SMARTS) is 1. The topological polar surface area (TPSA) is 114 Å². The molecule has 12 heteroatoms. The van der Waals surface area contributed by atoms with Crippen molar-refractivity contribution in [1.82, 2.24) is 19.4 Å². The van der Waals surface area contributed by atoms with Crippen LogP contribution >= 0.6 is 0 Å². The van der Waals surface area contributed by atoms with Crippen LogP contribution in [0.2, 0.25) is 0 Å². The quantitative estimate of drug-likeness (QED) is 0.461. The molecule has 2 aliphatic heterocycles. The van der Waals surface area contributed by atoms with Crippen LogP contribution < -0.4 is 16.6 Å². The molecule has 1 amide bonds. The van der Waals surface area contributed by atoms with E-state index >= 15 is 0 Å². The number of hydrogen-bond acceptors (Lipinski definition) is 5. The van der Waals surface area contributed by atoms with Crippen molar-refractivity contribution in [3.63, 3.8) is 0 Å². The number of amides is 1. The third-order valence-electron chi connectivity index (χ3n) is 8.04. The summed E-state index contributed by atoms with van der Waals surface area (Å²) >= 11 is 0. The van der Waals surface area contributed by atoms with Crippen LogP contribution in [0.5, 0.6) is 0 Å². The molecule has 0 aliphatic carbocycles. The highest BCUT2D eigenvalue weighted by molar-refractivity contribution is 5.93. The van der Waals surface area contributed by atoms with E-state index in [1.807, 2.05) is 0 Å². The van der Waals surface area contributed by atoms with Gasteiger partial charge in [0.25, 0.3) is 5.56 Å². The number of carbonyl (C=O) groups excluding carboxylic acids is 1. The standard InChI is InChI=1S/C28H29F3N4O5/c1-33-11-10-24(36)35(27(33)40)23-7-3-5-20-16(4-2-6-21(20)23)14-22(26(38)39)32-25(37)17-12-18-8-9-19(13-17)34(18)15-28(29,30)31/h2-7,10-11,17-19,22H,8-9,12-15H2,1H3,(H,32,37)(H,38,39)/t17?,18-,19+,22-/m0/s1. The Labute approximate surface area is 226 Å². The first-order valence-corrected chi connectivity index (χ1v) is 13.1. The van der Waals surface area contributed by atoms with Gasteiger partial charge in [0.1, 0.15) is 6.04 Å². The number of fused-ring (bicyclic) bond motifs is 3. The summed E-state index contributed by atoms with van der Waals surface area (Å²) in [4.78, 5) is 52.1. The smallest absolute Gasteiger partial charge is 0.401 e. The van der Waals surface area contributed by atoms with Crippen molar-refractivity contribution in [2.45, 2.75) is 56.4 Å². The molecular weight excluding hydrogens is 529 g/mol. The van der Waals surface area contributed by atoms with Crippen molar-refractivity contribution >= 4 is 22.6 Å². The predicted octanol–water partition coefficient (Wildman–Crippen LogP) is 2.61. The molecule has 4 atom stereocenters. The molecule has 3 heterocycles. The number of piperidine rings is 1. The number of halogens is 3. The minimum Gasteiger partial charge on any atom is -0.480 e. The lowest BCUT2D eigenvalue weighted by atomic mass is 9.89. The maximum absolute atomic E-state index is 13.1. The second-order valence-electron chi connectivity index (χ2n) is 10.6. The van der Waals surface area contributed by atoms with Gasteiger partial charge in [-0.2, -0.15) is 13.2 Å². The number of hydrogen-bond donors (Lipinski definition) is 2. The monoisotopic (exact) mass is 558 g/mol. The second kappa shape index (κ2) is 10.6. The zero-order valence-electron chi connectivity index (χ0n) is 21.7. The van der Waals surface area contributed by atoms with Crippen LogP contribution in [0.3, 0.4) is 0 Å². The maximum Gasteiger partial charge on any atom is 0.401 e. The third kappa shape index (κ3) is 5.40. The van der Waals surface area contributed by atoms with E-state index in [0.717, 1.165) is 4.57 Å². The maximum atomic E-state index is 13.1. The fourth-order valence-corrected chi connectivity index (χ4v) is 6.18.